The molecule has 10 nitrogen and oxygen atoms in total. The fourth-order valence-corrected chi connectivity index (χ4v) is 11.4. The smallest absolute Gasteiger partial charge is 0.264 e. The van der Waals surface area contributed by atoms with Crippen molar-refractivity contribution in [3.8, 4) is 5.75 Å². The van der Waals surface area contributed by atoms with Crippen molar-refractivity contribution in [3.63, 3.8) is 0 Å². The van der Waals surface area contributed by atoms with Crippen LogP contribution in [0.15, 0.2) is 36.4 Å². The van der Waals surface area contributed by atoms with Gasteiger partial charge < -0.3 is 19.3 Å². The van der Waals surface area contributed by atoms with Gasteiger partial charge in [-0.25, -0.2) is 13.1 Å². The second-order valence-electron chi connectivity index (χ2n) is 16.6. The van der Waals surface area contributed by atoms with Crippen molar-refractivity contribution >= 4 is 39.1 Å². The molecule has 6 atom stereocenters. The summed E-state index contributed by atoms with van der Waals surface area (Å²) in [5, 5.41) is 0.0195. The van der Waals surface area contributed by atoms with Gasteiger partial charge in [0.25, 0.3) is 5.91 Å². The third kappa shape index (κ3) is 8.24. The van der Waals surface area contributed by atoms with Crippen LogP contribution in [-0.4, -0.2) is 101 Å². The summed E-state index contributed by atoms with van der Waals surface area (Å²) in [6.45, 7) is 9.86. The van der Waals surface area contributed by atoms with Crippen LogP contribution >= 0.6 is 11.6 Å². The highest BCUT2D eigenvalue weighted by Crippen LogP contribution is 2.48. The summed E-state index contributed by atoms with van der Waals surface area (Å²) < 4.78 is 41.5. The number of ether oxygens (including phenoxy) is 2. The first kappa shape index (κ1) is 38.4. The first-order valence-corrected chi connectivity index (χ1v) is 21.7. The monoisotopic (exact) mass is 768 g/mol. The molecular weight excluding hydrogens is 712 g/mol. The van der Waals surface area contributed by atoms with Crippen LogP contribution < -0.4 is 14.4 Å². The van der Waals surface area contributed by atoms with Crippen molar-refractivity contribution < 1.29 is 27.5 Å². The average Bonchev–Trinajstić information content (AvgIpc) is 3.38. The highest BCUT2D eigenvalue weighted by Gasteiger charge is 2.45. The molecule has 0 aromatic heterocycles. The van der Waals surface area contributed by atoms with Crippen LogP contribution in [0.3, 0.4) is 0 Å². The van der Waals surface area contributed by atoms with E-state index in [2.05, 4.69) is 26.7 Å². The molecular formula is C41H57ClN4O6S. The zero-order valence-electron chi connectivity index (χ0n) is 31.7. The van der Waals surface area contributed by atoms with Crippen molar-refractivity contribution in [2.45, 2.75) is 82.3 Å². The van der Waals surface area contributed by atoms with Gasteiger partial charge in [-0.2, -0.15) is 0 Å². The quantitative estimate of drug-likeness (QED) is 0.401. The lowest BCUT2D eigenvalue weighted by Gasteiger charge is -2.47. The third-order valence-electron chi connectivity index (χ3n) is 13.3. The van der Waals surface area contributed by atoms with Crippen LogP contribution in [0, 0.1) is 23.7 Å². The van der Waals surface area contributed by atoms with E-state index in [1.807, 2.05) is 30.0 Å². The van der Waals surface area contributed by atoms with Gasteiger partial charge in [0.1, 0.15) is 5.75 Å². The predicted molar refractivity (Wildman–Crippen MR) is 208 cm³/mol. The Morgan fingerprint density at radius 3 is 2.66 bits per heavy atom. The molecule has 2 amide bonds. The lowest BCUT2D eigenvalue weighted by molar-refractivity contribution is -0.132. The molecule has 290 valence electrons. The summed E-state index contributed by atoms with van der Waals surface area (Å²) in [4.78, 5) is 33.7. The highest BCUT2D eigenvalue weighted by molar-refractivity contribution is 7.90. The number of nitrogens with zero attached hydrogens (tertiary/aromatic N) is 3. The molecule has 3 heterocycles. The van der Waals surface area contributed by atoms with Gasteiger partial charge in [-0.15, -0.1) is 0 Å². The molecule has 1 saturated carbocycles. The molecule has 2 aromatic carbocycles. The van der Waals surface area contributed by atoms with E-state index in [1.54, 1.807) is 20.1 Å². The standard InChI is InChI=1S/C41H57ClN4O6S/c1-28-7-4-8-32(23-44-17-6-18-45(19-20-51-3)39(47)25-44)35-13-10-33(35)24-46-26-41(16-5-9-30-21-34(42)12-14-36(30)41)27-52-38-15-11-31(22-37(38)46)40(48)43-53(49,50)29(28)2/h11-12,14-15,21-22,28-29,32-33,35H,4-10,13,16-20,23-27H2,1-3H3,(H,43,48)/t28-,29+,32-,33-,35-,41-/m0/s1. The minimum atomic E-state index is -3.92. The maximum absolute atomic E-state index is 13.6. The number of anilines is 1. The Balaban J connectivity index is 1.22. The van der Waals surface area contributed by atoms with Crippen LogP contribution in [0.1, 0.15) is 86.7 Å². The number of hydrogen-bond donors (Lipinski definition) is 1. The van der Waals surface area contributed by atoms with Gasteiger partial charge in [0.05, 0.1) is 30.7 Å². The van der Waals surface area contributed by atoms with Crippen molar-refractivity contribution in [3.05, 3.63) is 58.1 Å². The zero-order chi connectivity index (χ0) is 37.3. The fourth-order valence-electron chi connectivity index (χ4n) is 9.85. The Hall–Kier alpha value is -2.86. The second-order valence-corrected chi connectivity index (χ2v) is 19.1. The van der Waals surface area contributed by atoms with E-state index in [9.17, 15) is 18.0 Å². The Morgan fingerprint density at radius 1 is 1.02 bits per heavy atom. The van der Waals surface area contributed by atoms with Gasteiger partial charge in [-0.05, 0) is 123 Å². The van der Waals surface area contributed by atoms with Crippen molar-refractivity contribution in [1.82, 2.24) is 14.5 Å². The maximum Gasteiger partial charge on any atom is 0.264 e. The number of aryl methyl sites for hydroxylation is 1. The van der Waals surface area contributed by atoms with E-state index in [0.717, 1.165) is 107 Å². The van der Waals surface area contributed by atoms with Crippen LogP contribution in [0.25, 0.3) is 0 Å². The molecule has 1 spiro atoms. The lowest BCUT2D eigenvalue weighted by atomic mass is 9.65. The first-order valence-electron chi connectivity index (χ1n) is 19.8. The minimum absolute atomic E-state index is 0.125. The number of sulfonamides is 1. The van der Waals surface area contributed by atoms with Crippen molar-refractivity contribution in [1.29, 1.82) is 0 Å². The number of benzene rings is 2. The van der Waals surface area contributed by atoms with Gasteiger partial charge in [-0.3, -0.25) is 14.5 Å². The van der Waals surface area contributed by atoms with E-state index in [4.69, 9.17) is 21.1 Å². The maximum atomic E-state index is 13.6. The largest absolute Gasteiger partial charge is 0.490 e. The molecule has 2 aliphatic carbocycles. The molecule has 7 rings (SSSR count). The molecule has 2 bridgehead atoms. The molecule has 0 radical (unpaired) electrons. The Labute approximate surface area is 320 Å². The number of amides is 2. The lowest BCUT2D eigenvalue weighted by Crippen LogP contribution is -2.50. The number of carbonyl (C=O) groups is 2. The SMILES string of the molecule is COCCN1CCCN(C[C@@H]2CCC[C@H](C)[C@@H](C)S(=O)(=O)NC(=O)c3ccc4c(c3)N(C[C@@H]3CC[C@@H]23)C[C@@]2(CCCc3cc(Cl)ccc32)CO4)CC1=O. The molecule has 2 aromatic rings. The molecule has 12 heteroatoms. The van der Waals surface area contributed by atoms with E-state index < -0.39 is 21.2 Å². The number of halogens is 1. The summed E-state index contributed by atoms with van der Waals surface area (Å²) in [6.07, 6.45) is 8.84. The Kier molecular flexibility index (Phi) is 11.7. The number of nitrogens with one attached hydrogen (secondary N) is 1. The van der Waals surface area contributed by atoms with Gasteiger partial charge in [0, 0.05) is 62.4 Å². The van der Waals surface area contributed by atoms with E-state index in [1.165, 1.54) is 11.1 Å². The van der Waals surface area contributed by atoms with Crippen LogP contribution in [-0.2, 0) is 31.4 Å². The number of methoxy groups -OCH3 is 1. The molecule has 1 saturated heterocycles. The first-order chi connectivity index (χ1) is 25.5. The fraction of sp³-hybridized carbons (Fsp3) is 0.659. The van der Waals surface area contributed by atoms with Gasteiger partial charge in [-0.1, -0.05) is 31.0 Å². The number of hydrogen-bond acceptors (Lipinski definition) is 8. The number of rotatable bonds is 5. The van der Waals surface area contributed by atoms with Gasteiger partial charge in [0.2, 0.25) is 15.9 Å². The topological polar surface area (TPSA) is 108 Å². The number of carbonyl (C=O) groups excluding carboxylic acids is 2. The Bertz CT molecular complexity index is 1770. The van der Waals surface area contributed by atoms with Crippen molar-refractivity contribution in [2.24, 2.45) is 23.7 Å². The molecule has 2 fully saturated rings. The normalized spacial score (nSPS) is 31.0. The zero-order valence-corrected chi connectivity index (χ0v) is 33.2. The average molecular weight is 769 g/mol. The van der Waals surface area contributed by atoms with Crippen LogP contribution in [0.2, 0.25) is 5.02 Å². The van der Waals surface area contributed by atoms with E-state index in [-0.39, 0.29) is 17.2 Å². The highest BCUT2D eigenvalue weighted by atomic mass is 35.5. The minimum Gasteiger partial charge on any atom is -0.490 e. The van der Waals surface area contributed by atoms with Crippen LogP contribution in [0.5, 0.6) is 5.75 Å². The number of fused-ring (bicyclic) bond motifs is 4. The van der Waals surface area contributed by atoms with Crippen molar-refractivity contribution in [2.75, 3.05) is 71.0 Å². The predicted octanol–water partition coefficient (Wildman–Crippen LogP) is 5.90. The molecule has 0 unspecified atom stereocenters. The third-order valence-corrected chi connectivity index (χ3v) is 15.4. The summed E-state index contributed by atoms with van der Waals surface area (Å²) in [6, 6.07) is 11.6. The Morgan fingerprint density at radius 2 is 1.87 bits per heavy atom. The van der Waals surface area contributed by atoms with Gasteiger partial charge >= 0.3 is 0 Å². The van der Waals surface area contributed by atoms with Gasteiger partial charge in [0.15, 0.2) is 0 Å². The summed E-state index contributed by atoms with van der Waals surface area (Å²) in [5.74, 6) is 1.47. The molecule has 53 heavy (non-hydrogen) atoms. The molecule has 3 aliphatic heterocycles. The molecule has 1 N–H and O–H groups in total. The summed E-state index contributed by atoms with van der Waals surface area (Å²) in [7, 11) is -2.24. The second kappa shape index (κ2) is 16.1. The van der Waals surface area contributed by atoms with E-state index >= 15 is 0 Å². The van der Waals surface area contributed by atoms with E-state index in [0.29, 0.717) is 49.6 Å². The summed E-state index contributed by atoms with van der Waals surface area (Å²) in [5.41, 5.74) is 3.46. The van der Waals surface area contributed by atoms with Crippen LogP contribution in [0.4, 0.5) is 5.69 Å². The molecule has 5 aliphatic rings. The summed E-state index contributed by atoms with van der Waals surface area (Å²) >= 11 is 6.49.